The van der Waals surface area contributed by atoms with Crippen LogP contribution in [0.2, 0.25) is 0 Å². The number of hydrogen-bond donors (Lipinski definition) is 9. The Kier molecular flexibility index (Phi) is 14.4. The highest BCUT2D eigenvalue weighted by atomic mass is 16.3. The van der Waals surface area contributed by atoms with Crippen molar-refractivity contribution in [3.05, 3.63) is 77.9 Å². The van der Waals surface area contributed by atoms with Gasteiger partial charge in [-0.05, 0) is 55.4 Å². The number of nitrogens with one attached hydrogen (secondary N) is 7. The molecule has 5 atom stereocenters. The van der Waals surface area contributed by atoms with E-state index in [2.05, 4.69) is 31.9 Å². The fraction of sp³-hybridized carbons (Fsp3) is 0.389. The van der Waals surface area contributed by atoms with Crippen molar-refractivity contribution >= 4 is 47.7 Å². The summed E-state index contributed by atoms with van der Waals surface area (Å²) >= 11 is 0. The molecule has 0 aliphatic carbocycles. The van der Waals surface area contributed by atoms with Gasteiger partial charge >= 0.3 is 0 Å². The van der Waals surface area contributed by atoms with E-state index in [0.717, 1.165) is 6.08 Å². The number of Topliss-reactive ketones (excluding diaryl/α,β-unsaturated/α-hetero) is 1. The predicted molar refractivity (Wildman–Crippen MR) is 192 cm³/mol. The van der Waals surface area contributed by atoms with Crippen LogP contribution >= 0.6 is 0 Å². The van der Waals surface area contributed by atoms with Gasteiger partial charge in [0.2, 0.25) is 35.8 Å². The molecular weight excluding hydrogens is 686 g/mol. The van der Waals surface area contributed by atoms with Gasteiger partial charge in [-0.2, -0.15) is 0 Å². The zero-order chi connectivity index (χ0) is 38.3. The SMILES string of the molecule is N=C(N)NCCC[C@@H]1NC(=O)[C@@H]2CCCN2C(=O)C(NC=O)CNC(=O)/C=C/[C@H](Cc2ccc(O)cc2)NC(=O)[C@@H](Cc2ccccc2)NC(=O)C1=O. The topological polar surface area (TPSA) is 265 Å². The number of benzene rings is 2. The Morgan fingerprint density at radius 1 is 0.925 bits per heavy atom. The van der Waals surface area contributed by atoms with Crippen molar-refractivity contribution in [3.8, 4) is 5.75 Å². The number of nitrogens with zero attached hydrogens (tertiary/aromatic N) is 1. The van der Waals surface area contributed by atoms with Crippen molar-refractivity contribution < 1.29 is 38.7 Å². The Morgan fingerprint density at radius 2 is 1.64 bits per heavy atom. The Bertz CT molecular complexity index is 1690. The number of fused-ring (bicyclic) bond motifs is 1. The molecule has 1 saturated heterocycles. The van der Waals surface area contributed by atoms with Crippen LogP contribution in [0, 0.1) is 5.41 Å². The molecule has 2 heterocycles. The summed E-state index contributed by atoms with van der Waals surface area (Å²) in [5, 5.41) is 32.7. The van der Waals surface area contributed by atoms with Crippen molar-refractivity contribution in [3.63, 3.8) is 0 Å². The molecule has 282 valence electrons. The lowest BCUT2D eigenvalue weighted by Crippen LogP contribution is -2.58. The molecule has 0 radical (unpaired) electrons. The molecule has 2 aromatic rings. The van der Waals surface area contributed by atoms with E-state index in [4.69, 9.17) is 11.1 Å². The molecule has 4 rings (SSSR count). The zero-order valence-electron chi connectivity index (χ0n) is 29.0. The summed E-state index contributed by atoms with van der Waals surface area (Å²) in [7, 11) is 0. The van der Waals surface area contributed by atoms with Gasteiger partial charge in [-0.25, -0.2) is 0 Å². The van der Waals surface area contributed by atoms with Gasteiger partial charge in [-0.1, -0.05) is 48.5 Å². The Morgan fingerprint density at radius 3 is 2.34 bits per heavy atom. The highest BCUT2D eigenvalue weighted by Crippen LogP contribution is 2.20. The number of ketones is 1. The Hall–Kier alpha value is -6.26. The second kappa shape index (κ2) is 19.4. The lowest BCUT2D eigenvalue weighted by Gasteiger charge is -2.29. The van der Waals surface area contributed by atoms with Gasteiger partial charge in [0, 0.05) is 32.1 Å². The van der Waals surface area contributed by atoms with Crippen LogP contribution in [0.1, 0.15) is 36.8 Å². The van der Waals surface area contributed by atoms with Crippen molar-refractivity contribution in [2.45, 2.75) is 68.7 Å². The first kappa shape index (κ1) is 39.5. The summed E-state index contributed by atoms with van der Waals surface area (Å²) in [6.07, 6.45) is 3.88. The van der Waals surface area contributed by atoms with Gasteiger partial charge in [0.05, 0.1) is 12.1 Å². The number of phenolic OH excluding ortho intramolecular Hbond substituents is 1. The predicted octanol–water partition coefficient (Wildman–Crippen LogP) is -1.74. The maximum absolute atomic E-state index is 13.9. The summed E-state index contributed by atoms with van der Waals surface area (Å²) < 4.78 is 0. The third-order valence-electron chi connectivity index (χ3n) is 8.83. The molecule has 0 aromatic heterocycles. The number of nitrogens with two attached hydrogens (primary N) is 1. The van der Waals surface area contributed by atoms with Crippen molar-refractivity contribution in [1.82, 2.24) is 36.8 Å². The molecule has 10 N–H and O–H groups in total. The monoisotopic (exact) mass is 731 g/mol. The van der Waals surface area contributed by atoms with Crippen molar-refractivity contribution in [1.29, 1.82) is 5.41 Å². The number of rotatable bonds is 10. The molecule has 2 aliphatic heterocycles. The molecule has 0 bridgehead atoms. The number of carbonyl (C=O) groups is 7. The zero-order valence-corrected chi connectivity index (χ0v) is 29.0. The van der Waals surface area contributed by atoms with Gasteiger partial charge in [-0.15, -0.1) is 0 Å². The summed E-state index contributed by atoms with van der Waals surface area (Å²) in [5.74, 6) is -5.09. The molecule has 17 nitrogen and oxygen atoms in total. The number of phenols is 1. The maximum atomic E-state index is 13.9. The normalized spacial score (nSPS) is 23.8. The van der Waals surface area contributed by atoms with E-state index in [1.165, 1.54) is 23.1 Å². The quantitative estimate of drug-likeness (QED) is 0.0438. The third-order valence-corrected chi connectivity index (χ3v) is 8.83. The summed E-state index contributed by atoms with van der Waals surface area (Å²) in [6, 6.07) is 9.27. The number of amides is 6. The second-order valence-corrected chi connectivity index (χ2v) is 12.7. The molecule has 6 amide bonds. The van der Waals surface area contributed by atoms with Crippen LogP contribution in [0.4, 0.5) is 0 Å². The van der Waals surface area contributed by atoms with Crippen LogP contribution in [-0.4, -0.2) is 108 Å². The minimum absolute atomic E-state index is 0.00829. The average Bonchev–Trinajstić information content (AvgIpc) is 3.64. The van der Waals surface area contributed by atoms with Crippen LogP contribution in [0.15, 0.2) is 66.7 Å². The van der Waals surface area contributed by atoms with Crippen LogP contribution in [0.25, 0.3) is 0 Å². The summed E-state index contributed by atoms with van der Waals surface area (Å²) in [6.45, 7) is 0.00408. The average molecular weight is 732 g/mol. The van der Waals surface area contributed by atoms with Gasteiger partial charge in [-0.3, -0.25) is 39.0 Å². The Labute approximate surface area is 306 Å². The minimum atomic E-state index is -1.37. The van der Waals surface area contributed by atoms with Crippen molar-refractivity contribution in [2.75, 3.05) is 19.6 Å². The highest BCUT2D eigenvalue weighted by molar-refractivity contribution is 6.38. The largest absolute Gasteiger partial charge is 0.508 e. The standard InChI is InChI=1S/C36H45N9O8/c37-36(38)39-16-4-8-26-31(49)34(52)44-27(19-22-6-2-1-3-7-22)32(50)42-24(18-23-10-13-25(47)14-11-23)12-15-30(48)40-20-28(41-21-46)35(53)45-17-5-9-29(45)33(51)43-26/h1-3,6-7,10-15,21,24,26-29,47H,4-5,8-9,16-20H2,(H,40,48)(H,41,46)(H,42,50)(H,43,51)(H,44,52)(H4,37,38,39)/b15-12+/t24-,26+,27-,28?,29+/m1/s1. The first-order valence-corrected chi connectivity index (χ1v) is 17.3. The summed E-state index contributed by atoms with van der Waals surface area (Å²) in [5.41, 5.74) is 6.74. The first-order chi connectivity index (χ1) is 25.4. The summed E-state index contributed by atoms with van der Waals surface area (Å²) in [4.78, 5) is 94.3. The number of hydrogen-bond acceptors (Lipinski definition) is 9. The minimum Gasteiger partial charge on any atom is -0.508 e. The van der Waals surface area contributed by atoms with Crippen LogP contribution in [-0.2, 0) is 46.4 Å². The molecule has 17 heteroatoms. The van der Waals surface area contributed by atoms with E-state index in [1.807, 2.05) is 0 Å². The van der Waals surface area contributed by atoms with E-state index in [9.17, 15) is 38.7 Å². The van der Waals surface area contributed by atoms with E-state index < -0.39 is 65.5 Å². The molecule has 1 unspecified atom stereocenters. The van der Waals surface area contributed by atoms with Crippen molar-refractivity contribution in [2.24, 2.45) is 5.73 Å². The van der Waals surface area contributed by atoms with Crippen LogP contribution in [0.5, 0.6) is 5.75 Å². The van der Waals surface area contributed by atoms with Gasteiger partial charge in [0.1, 0.15) is 23.9 Å². The molecule has 2 aromatic carbocycles. The lowest BCUT2D eigenvalue weighted by molar-refractivity contribution is -0.143. The maximum Gasteiger partial charge on any atom is 0.290 e. The first-order valence-electron chi connectivity index (χ1n) is 17.3. The van der Waals surface area contributed by atoms with Gasteiger partial charge in [0.15, 0.2) is 5.96 Å². The van der Waals surface area contributed by atoms with Gasteiger partial charge in [0.25, 0.3) is 5.91 Å². The van der Waals surface area contributed by atoms with Gasteiger partial charge < -0.3 is 47.6 Å². The second-order valence-electron chi connectivity index (χ2n) is 12.7. The van der Waals surface area contributed by atoms with E-state index in [-0.39, 0.29) is 63.4 Å². The lowest BCUT2D eigenvalue weighted by atomic mass is 10.0. The van der Waals surface area contributed by atoms with E-state index in [0.29, 0.717) is 24.0 Å². The fourth-order valence-electron chi connectivity index (χ4n) is 6.12. The fourth-order valence-corrected chi connectivity index (χ4v) is 6.12. The molecule has 1 fully saturated rings. The highest BCUT2D eigenvalue weighted by Gasteiger charge is 2.39. The molecule has 2 aliphatic rings. The molecule has 53 heavy (non-hydrogen) atoms. The van der Waals surface area contributed by atoms with Crippen LogP contribution < -0.4 is 37.6 Å². The van der Waals surface area contributed by atoms with E-state index in [1.54, 1.807) is 42.5 Å². The smallest absolute Gasteiger partial charge is 0.290 e. The van der Waals surface area contributed by atoms with E-state index >= 15 is 0 Å². The van der Waals surface area contributed by atoms with Crippen LogP contribution in [0.3, 0.4) is 0 Å². The number of aromatic hydroxyl groups is 1. The third kappa shape index (κ3) is 11.9. The number of guanidine groups is 1. The number of carbonyl (C=O) groups excluding carboxylic acids is 7. The molecular formula is C36H45N9O8. The molecule has 0 saturated carbocycles. The Balaban J connectivity index is 1.70. The molecule has 0 spiro atoms.